The Kier molecular flexibility index (Phi) is 6.65. The number of hydrogen-bond acceptors (Lipinski definition) is 5. The summed E-state index contributed by atoms with van der Waals surface area (Å²) in [6.45, 7) is 0. The van der Waals surface area contributed by atoms with Gasteiger partial charge in [0.25, 0.3) is 5.92 Å². The highest BCUT2D eigenvalue weighted by Gasteiger charge is 2.82. The molecule has 1 fully saturated rings. The van der Waals surface area contributed by atoms with Crippen molar-refractivity contribution in [3.63, 3.8) is 0 Å². The molecule has 0 amide bonds. The molecule has 1 saturated carbocycles. The minimum Gasteiger partial charge on any atom is -0.369 e. The van der Waals surface area contributed by atoms with Crippen molar-refractivity contribution in [2.75, 3.05) is 28.2 Å². The summed E-state index contributed by atoms with van der Waals surface area (Å²) >= 11 is 12.2. The summed E-state index contributed by atoms with van der Waals surface area (Å²) in [5.74, 6) is -4.35. The van der Waals surface area contributed by atoms with Crippen LogP contribution in [-0.2, 0) is 20.9 Å². The molecule has 0 saturated heterocycles. The van der Waals surface area contributed by atoms with Gasteiger partial charge in [0.05, 0.1) is 27.5 Å². The minimum atomic E-state index is -4.80. The maximum Gasteiger partial charge on any atom is 0.416 e. The zero-order valence-corrected chi connectivity index (χ0v) is 20.8. The molecule has 1 aromatic heterocycles. The number of hydrogen-bond donors (Lipinski definition) is 0. The van der Waals surface area contributed by atoms with Crippen molar-refractivity contribution in [2.45, 2.75) is 23.3 Å². The molecule has 1 atom stereocenters. The molecule has 0 spiro atoms. The number of alkyl halides is 5. The summed E-state index contributed by atoms with van der Waals surface area (Å²) in [5.41, 5.74) is -3.05. The number of benzene rings is 1. The Morgan fingerprint density at radius 3 is 2.09 bits per heavy atom. The number of rotatable bonds is 6. The van der Waals surface area contributed by atoms with Crippen LogP contribution in [-0.4, -0.2) is 67.9 Å². The highest BCUT2D eigenvalue weighted by Crippen LogP contribution is 2.67. The van der Waals surface area contributed by atoms with Gasteiger partial charge in [-0.2, -0.15) is 23.5 Å². The molecule has 35 heavy (non-hydrogen) atoms. The normalized spacial score (nSPS) is 19.9. The van der Waals surface area contributed by atoms with Crippen molar-refractivity contribution >= 4 is 45.4 Å². The van der Waals surface area contributed by atoms with Gasteiger partial charge in [-0.25, -0.2) is 31.2 Å². The van der Waals surface area contributed by atoms with Crippen molar-refractivity contribution in [3.8, 4) is 11.8 Å². The molecule has 1 aliphatic rings. The van der Waals surface area contributed by atoms with Crippen LogP contribution in [0.5, 0.6) is 0 Å². The quantitative estimate of drug-likeness (QED) is 0.297. The van der Waals surface area contributed by atoms with E-state index in [2.05, 4.69) is 10.1 Å². The van der Waals surface area contributed by atoms with Gasteiger partial charge >= 0.3 is 6.18 Å². The number of aromatic nitrogens is 2. The summed E-state index contributed by atoms with van der Waals surface area (Å²) in [5, 5.41) is 12.4. The van der Waals surface area contributed by atoms with Crippen LogP contribution < -0.4 is 0 Å². The van der Waals surface area contributed by atoms with Gasteiger partial charge < -0.3 is 4.90 Å². The van der Waals surface area contributed by atoms with Crippen molar-refractivity contribution in [2.24, 2.45) is 4.99 Å². The first kappa shape index (κ1) is 27.1. The van der Waals surface area contributed by atoms with Crippen LogP contribution in [0.3, 0.4) is 0 Å². The van der Waals surface area contributed by atoms with E-state index in [1.807, 2.05) is 0 Å². The van der Waals surface area contributed by atoms with E-state index in [0.717, 1.165) is 20.4 Å². The number of nitrogens with zero attached hydrogens (tertiary/aromatic N) is 6. The molecule has 8 nitrogen and oxygen atoms in total. The lowest BCUT2D eigenvalue weighted by Crippen LogP contribution is -2.38. The summed E-state index contributed by atoms with van der Waals surface area (Å²) in [6.07, 6.45) is -4.86. The third-order valence-corrected chi connectivity index (χ3v) is 8.26. The Hall–Kier alpha value is -2.47. The van der Waals surface area contributed by atoms with Crippen LogP contribution in [0.25, 0.3) is 5.69 Å². The molecular weight excluding hydrogens is 542 g/mol. The van der Waals surface area contributed by atoms with E-state index >= 15 is 0 Å². The first-order valence-electron chi connectivity index (χ1n) is 9.53. The van der Waals surface area contributed by atoms with Gasteiger partial charge in [0.2, 0.25) is 10.0 Å². The fourth-order valence-corrected chi connectivity index (χ4v) is 5.95. The Morgan fingerprint density at radius 1 is 1.20 bits per heavy atom. The van der Waals surface area contributed by atoms with Gasteiger partial charge in [0.15, 0.2) is 16.3 Å². The summed E-state index contributed by atoms with van der Waals surface area (Å²) in [6, 6.07) is 2.65. The van der Waals surface area contributed by atoms with Crippen molar-refractivity contribution in [3.05, 3.63) is 39.0 Å². The maximum absolute atomic E-state index is 14.9. The minimum absolute atomic E-state index is 0.406. The van der Waals surface area contributed by atoms with Crippen LogP contribution in [0, 0.1) is 11.3 Å². The second-order valence-electron chi connectivity index (χ2n) is 8.06. The van der Waals surface area contributed by atoms with E-state index in [0.29, 0.717) is 21.1 Å². The van der Waals surface area contributed by atoms with Gasteiger partial charge in [0.1, 0.15) is 11.8 Å². The van der Waals surface area contributed by atoms with E-state index in [1.54, 1.807) is 6.07 Å². The number of aliphatic imine (C=N–C) groups is 1. The van der Waals surface area contributed by atoms with Crippen LogP contribution in [0.4, 0.5) is 27.8 Å². The topological polar surface area (TPSA) is 94.6 Å². The second-order valence-corrected chi connectivity index (χ2v) is 11.3. The molecule has 1 heterocycles. The number of nitriles is 1. The van der Waals surface area contributed by atoms with E-state index in [1.165, 1.54) is 19.0 Å². The molecule has 0 radical (unpaired) electrons. The van der Waals surface area contributed by atoms with Crippen molar-refractivity contribution in [1.29, 1.82) is 5.26 Å². The predicted molar refractivity (Wildman–Crippen MR) is 119 cm³/mol. The van der Waals surface area contributed by atoms with Gasteiger partial charge in [-0.1, -0.05) is 23.2 Å². The van der Waals surface area contributed by atoms with Crippen LogP contribution >= 0.6 is 23.2 Å². The van der Waals surface area contributed by atoms with Crippen LogP contribution in [0.15, 0.2) is 17.1 Å². The first-order valence-corrected chi connectivity index (χ1v) is 11.7. The van der Waals surface area contributed by atoms with Gasteiger partial charge in [-0.15, -0.1) is 0 Å². The molecular formula is C19H17Cl2F5N6O2S. The Bertz CT molecular complexity index is 1340. The van der Waals surface area contributed by atoms with Gasteiger partial charge in [0, 0.05) is 34.6 Å². The lowest BCUT2D eigenvalue weighted by molar-refractivity contribution is -0.137. The zero-order chi connectivity index (χ0) is 26.7. The van der Waals surface area contributed by atoms with E-state index in [-0.39, 0.29) is 0 Å². The van der Waals surface area contributed by atoms with Gasteiger partial charge in [-0.05, 0) is 12.1 Å². The monoisotopic (exact) mass is 558 g/mol. The molecule has 190 valence electrons. The average molecular weight is 559 g/mol. The lowest BCUT2D eigenvalue weighted by atomic mass is 10.1. The molecule has 1 aliphatic carbocycles. The van der Waals surface area contributed by atoms with Crippen LogP contribution in [0.1, 0.15) is 23.2 Å². The Labute approximate surface area is 207 Å². The smallest absolute Gasteiger partial charge is 0.369 e. The van der Waals surface area contributed by atoms with Crippen LogP contribution in [0.2, 0.25) is 10.0 Å². The van der Waals surface area contributed by atoms with Crippen molar-refractivity contribution < 1.29 is 30.4 Å². The highest BCUT2D eigenvalue weighted by molar-refractivity contribution is 7.90. The van der Waals surface area contributed by atoms with E-state index in [4.69, 9.17) is 23.2 Å². The number of sulfonamides is 1. The molecule has 0 N–H and O–H groups in total. The molecule has 0 aliphatic heterocycles. The number of halogens is 7. The standard InChI is InChI=1S/C19H17Cl2F5N6O2S/c1-30(2)9-28-16-14(17(8-18(17,22)23)35(33,34)31(3)4)13(7-27)29-32(16)15-11(20)5-10(6-12(15)21)19(24,25)26/h5-6,9H,8H2,1-4H3/b28-9+. The summed E-state index contributed by atoms with van der Waals surface area (Å²) in [4.78, 5) is 5.42. The fourth-order valence-electron chi connectivity index (χ4n) is 3.50. The highest BCUT2D eigenvalue weighted by atomic mass is 35.5. The Balaban J connectivity index is 2.46. The molecule has 0 bridgehead atoms. The molecule has 16 heteroatoms. The largest absolute Gasteiger partial charge is 0.416 e. The summed E-state index contributed by atoms with van der Waals surface area (Å²) in [7, 11) is 0.380. The molecule has 1 aromatic carbocycles. The van der Waals surface area contributed by atoms with Crippen molar-refractivity contribution in [1.82, 2.24) is 19.0 Å². The second kappa shape index (κ2) is 8.58. The predicted octanol–water partition coefficient (Wildman–Crippen LogP) is 4.42. The molecule has 2 aromatic rings. The van der Waals surface area contributed by atoms with Gasteiger partial charge in [-0.3, -0.25) is 0 Å². The van der Waals surface area contributed by atoms with E-state index < -0.39 is 71.7 Å². The Morgan fingerprint density at radius 2 is 1.71 bits per heavy atom. The average Bonchev–Trinajstić information content (AvgIpc) is 3.13. The van der Waals surface area contributed by atoms with E-state index in [9.17, 15) is 35.6 Å². The first-order chi connectivity index (χ1) is 15.9. The zero-order valence-electron chi connectivity index (χ0n) is 18.5. The summed E-state index contributed by atoms with van der Waals surface area (Å²) < 4.78 is 93.8. The fraction of sp³-hybridized carbons (Fsp3) is 0.421. The third kappa shape index (κ3) is 4.24. The lowest BCUT2D eigenvalue weighted by Gasteiger charge is -2.22. The maximum atomic E-state index is 14.9. The molecule has 3 rings (SSSR count). The SMILES string of the molecule is CN(C)/C=N/c1c(C2(S(=O)(=O)N(C)C)CC2(F)F)c(C#N)nn1-c1c(Cl)cc(C(F)(F)F)cc1Cl. The third-order valence-electron chi connectivity index (χ3n) is 5.20. The molecule has 1 unspecified atom stereocenters.